The Morgan fingerprint density at radius 2 is 1.02 bits per heavy atom. The van der Waals surface area contributed by atoms with Crippen LogP contribution in [0.1, 0.15) is 68.1 Å². The van der Waals surface area contributed by atoms with Crippen molar-refractivity contribution in [3.63, 3.8) is 0 Å². The molecule has 2 amide bonds. The number of carbonyl (C=O) groups is 2. The summed E-state index contributed by atoms with van der Waals surface area (Å²) in [6, 6.07) is 21.5. The first kappa shape index (κ1) is 35.1. The summed E-state index contributed by atoms with van der Waals surface area (Å²) in [6.45, 7) is 1.68. The molecular weight excluding hydrogens is 588 g/mol. The maximum atomic E-state index is 14.1. The van der Waals surface area contributed by atoms with Gasteiger partial charge in [-0.3, -0.25) is 0 Å². The number of rotatable bonds is 16. The number of halogens is 3. The third kappa shape index (κ3) is 8.60. The van der Waals surface area contributed by atoms with E-state index in [2.05, 4.69) is 5.48 Å². The van der Waals surface area contributed by atoms with Gasteiger partial charge in [0.15, 0.2) is 0 Å². The van der Waals surface area contributed by atoms with Crippen LogP contribution in [0.15, 0.2) is 72.8 Å². The second kappa shape index (κ2) is 15.5. The van der Waals surface area contributed by atoms with Crippen molar-refractivity contribution in [3.05, 3.63) is 89.5 Å². The zero-order valence-electron chi connectivity index (χ0n) is 25.8. The molecule has 6 nitrogen and oxygen atoms in total. The van der Waals surface area contributed by atoms with Crippen LogP contribution < -0.4 is 27.1 Å². The maximum absolute atomic E-state index is 14.1. The van der Waals surface area contributed by atoms with E-state index < -0.39 is 25.0 Å². The molecule has 0 atom stereocenters. The summed E-state index contributed by atoms with van der Waals surface area (Å²) in [4.78, 5) is 28.6. The van der Waals surface area contributed by atoms with Crippen molar-refractivity contribution in [2.24, 2.45) is 5.73 Å². The Balaban J connectivity index is 1.96. The van der Waals surface area contributed by atoms with Crippen molar-refractivity contribution >= 4 is 34.7 Å². The van der Waals surface area contributed by atoms with E-state index in [1.54, 1.807) is 0 Å². The van der Waals surface area contributed by atoms with E-state index in [-0.39, 0.29) is 6.16 Å². The predicted molar refractivity (Wildman–Crippen MR) is 172 cm³/mol. The van der Waals surface area contributed by atoms with Gasteiger partial charge in [-0.15, -0.1) is 0 Å². The van der Waals surface area contributed by atoms with Crippen LogP contribution in [0.25, 0.3) is 0 Å². The third-order valence-electron chi connectivity index (χ3n) is 8.01. The van der Waals surface area contributed by atoms with Gasteiger partial charge in [-0.1, -0.05) is 0 Å². The SMILES string of the molecule is Cc1ccc(P(CCCCCCCCCCONC(N)=O)(OC(=O)C(F)(F)F)(c2ccc(C)cc2)c2ccc(C)cc2)cc1. The molecule has 0 aliphatic heterocycles. The Morgan fingerprint density at radius 3 is 1.39 bits per heavy atom. The fraction of sp³-hybridized carbons (Fsp3) is 0.412. The van der Waals surface area contributed by atoms with Gasteiger partial charge < -0.3 is 5.73 Å². The molecule has 0 unspecified atom stereocenters. The van der Waals surface area contributed by atoms with E-state index in [4.69, 9.17) is 15.1 Å². The van der Waals surface area contributed by atoms with Gasteiger partial charge >= 0.3 is 248 Å². The minimum absolute atomic E-state index is 0.257. The zero-order valence-corrected chi connectivity index (χ0v) is 26.7. The number of aryl methyl sites for hydroxylation is 3. The zero-order chi connectivity index (χ0) is 32.2. The molecule has 44 heavy (non-hydrogen) atoms. The van der Waals surface area contributed by atoms with E-state index in [9.17, 15) is 22.8 Å². The average Bonchev–Trinajstić information content (AvgIpc) is 2.97. The molecule has 0 fully saturated rings. The van der Waals surface area contributed by atoms with Crippen molar-refractivity contribution in [1.29, 1.82) is 0 Å². The molecule has 3 N–H and O–H groups in total. The molecule has 0 aliphatic carbocycles. The monoisotopic (exact) mass is 632 g/mol. The molecule has 0 aliphatic rings. The average molecular weight is 633 g/mol. The topological polar surface area (TPSA) is 90.7 Å². The quantitative estimate of drug-likeness (QED) is 0.0995. The van der Waals surface area contributed by atoms with E-state index in [0.717, 1.165) is 61.6 Å². The van der Waals surface area contributed by atoms with Gasteiger partial charge in [0.25, 0.3) is 0 Å². The van der Waals surface area contributed by atoms with Crippen LogP contribution in [0.2, 0.25) is 0 Å². The van der Waals surface area contributed by atoms with E-state index >= 15 is 0 Å². The Morgan fingerprint density at radius 1 is 0.659 bits per heavy atom. The predicted octanol–water partition coefficient (Wildman–Crippen LogP) is 7.18. The number of alkyl halides is 3. The van der Waals surface area contributed by atoms with Crippen molar-refractivity contribution < 1.29 is 32.1 Å². The van der Waals surface area contributed by atoms with Crippen molar-refractivity contribution in [2.75, 3.05) is 12.8 Å². The summed E-state index contributed by atoms with van der Waals surface area (Å²) in [6.07, 6.45) is 2.05. The normalized spacial score (nSPS) is 12.7. The summed E-state index contributed by atoms with van der Waals surface area (Å²) in [5, 5.41) is 1.79. The van der Waals surface area contributed by atoms with Gasteiger partial charge in [0.2, 0.25) is 0 Å². The molecule has 3 aromatic rings. The summed E-state index contributed by atoms with van der Waals surface area (Å²) in [5.74, 6) is -2.17. The molecule has 10 heteroatoms. The number of nitrogens with two attached hydrogens (primary N) is 1. The number of primary amides is 1. The Hall–Kier alpha value is -3.42. The number of hydroxylamine groups is 1. The second-order valence-corrected chi connectivity index (χ2v) is 16.1. The molecule has 3 aromatic carbocycles. The molecule has 0 spiro atoms. The number of benzene rings is 3. The Labute approximate surface area is 258 Å². The number of nitrogens with one attached hydrogen (secondary N) is 1. The summed E-state index contributed by atoms with van der Waals surface area (Å²) < 4.78 is 48.4. The summed E-state index contributed by atoms with van der Waals surface area (Å²) in [5.41, 5.74) is 9.92. The van der Waals surface area contributed by atoms with Gasteiger partial charge in [-0.05, 0) is 0 Å². The fourth-order valence-electron chi connectivity index (χ4n) is 5.62. The Kier molecular flexibility index (Phi) is 12.4. The molecule has 3 rings (SSSR count). The molecule has 0 saturated carbocycles. The van der Waals surface area contributed by atoms with E-state index in [0.29, 0.717) is 28.9 Å². The molecule has 0 saturated heterocycles. The third-order valence-corrected chi connectivity index (χ3v) is 13.9. The number of hydrogen-bond acceptors (Lipinski definition) is 4. The van der Waals surface area contributed by atoms with Crippen molar-refractivity contribution in [2.45, 2.75) is 78.3 Å². The molecular formula is C34H44F3N2O4P. The van der Waals surface area contributed by atoms with Gasteiger partial charge in [0, 0.05) is 0 Å². The summed E-state index contributed by atoms with van der Waals surface area (Å²) >= 11 is 0. The molecule has 0 aromatic heterocycles. The first-order chi connectivity index (χ1) is 20.9. The van der Waals surface area contributed by atoms with Crippen LogP contribution in [0.3, 0.4) is 0 Å². The van der Waals surface area contributed by atoms with Crippen LogP contribution in [0.4, 0.5) is 18.0 Å². The van der Waals surface area contributed by atoms with Crippen LogP contribution in [0.5, 0.6) is 0 Å². The molecule has 0 bridgehead atoms. The Bertz CT molecular complexity index is 1250. The minimum atomic E-state index is -5.16. The number of hydrogen-bond donors (Lipinski definition) is 2. The van der Waals surface area contributed by atoms with E-state index in [1.807, 2.05) is 93.6 Å². The van der Waals surface area contributed by atoms with Crippen LogP contribution in [-0.4, -0.2) is 30.9 Å². The number of carbonyl (C=O) groups excluding carboxylic acids is 2. The van der Waals surface area contributed by atoms with Crippen LogP contribution >= 0.6 is 6.83 Å². The first-order valence-electron chi connectivity index (χ1n) is 15.1. The van der Waals surface area contributed by atoms with Crippen LogP contribution in [0, 0.1) is 20.8 Å². The van der Waals surface area contributed by atoms with Crippen molar-refractivity contribution in [3.8, 4) is 0 Å². The number of urea groups is 1. The van der Waals surface area contributed by atoms with Crippen molar-refractivity contribution in [1.82, 2.24) is 5.48 Å². The molecule has 0 heterocycles. The molecule has 0 radical (unpaired) electrons. The van der Waals surface area contributed by atoms with E-state index in [1.165, 1.54) is 0 Å². The fourth-order valence-corrected chi connectivity index (χ4v) is 11.3. The molecule has 240 valence electrons. The number of unbranched alkanes of at least 4 members (excludes halogenated alkanes) is 7. The summed E-state index contributed by atoms with van der Waals surface area (Å²) in [7, 11) is 0. The standard InChI is InChI=1S/C34H44F3N2O4P/c1-26-12-18-29(19-13-26)44(43-32(40)34(35,36)37,30-20-14-27(2)15-21-30,31-22-16-28(3)17-23-31)25-11-9-7-5-4-6-8-10-24-42-39-33(38)41/h12-23H,4-11,24-25H2,1-3H3,(H3,38,39,41). The number of amides is 2. The second-order valence-electron chi connectivity index (χ2n) is 11.5. The van der Waals surface area contributed by atoms with Crippen LogP contribution in [-0.2, 0) is 14.2 Å². The van der Waals surface area contributed by atoms with Gasteiger partial charge in [0.1, 0.15) is 0 Å². The van der Waals surface area contributed by atoms with Gasteiger partial charge in [-0.25, -0.2) is 4.79 Å². The first-order valence-corrected chi connectivity index (χ1v) is 17.4. The van der Waals surface area contributed by atoms with Gasteiger partial charge in [-0.2, -0.15) is 0 Å². The van der Waals surface area contributed by atoms with Gasteiger partial charge in [0.05, 0.1) is 0 Å².